The second-order valence-electron chi connectivity index (χ2n) is 14.1. The molecule has 56 heavy (non-hydrogen) atoms. The van der Waals surface area contributed by atoms with Crippen LogP contribution in [-0.4, -0.2) is 0 Å². The Balaban J connectivity index is 1.14. The second kappa shape index (κ2) is 14.4. The van der Waals surface area contributed by atoms with Crippen LogP contribution < -0.4 is 9.80 Å². The molecule has 0 radical (unpaired) electrons. The minimum Gasteiger partial charge on any atom is -0.311 e. The highest BCUT2D eigenvalue weighted by Crippen LogP contribution is 2.45. The standard InChI is InChI=1S/C54H38N2/c1-5-17-41(18-6-1)55(42-19-7-2-8-20-42)45-35-31-39(32-36-45)47-27-15-29-51-49-25-13-14-26-50(49)52-30-16-28-48(54(52)53(47)51)40-33-37-46(38-34-40)56(43-21-9-3-10-22-43)44-23-11-4-12-24-44/h1-38H. The third-order valence-electron chi connectivity index (χ3n) is 10.8. The van der Waals surface area contributed by atoms with Gasteiger partial charge in [0.05, 0.1) is 0 Å². The Hall–Kier alpha value is -7.42. The molecule has 0 amide bonds. The van der Waals surface area contributed by atoms with E-state index in [4.69, 9.17) is 0 Å². The van der Waals surface area contributed by atoms with Gasteiger partial charge in [-0.25, -0.2) is 0 Å². The number of nitrogens with zero attached hydrogens (tertiary/aromatic N) is 2. The van der Waals surface area contributed by atoms with Crippen LogP contribution in [0.1, 0.15) is 0 Å². The van der Waals surface area contributed by atoms with E-state index < -0.39 is 0 Å². The van der Waals surface area contributed by atoms with Gasteiger partial charge in [-0.1, -0.05) is 158 Å². The molecule has 0 heterocycles. The van der Waals surface area contributed by atoms with E-state index in [0.29, 0.717) is 0 Å². The van der Waals surface area contributed by atoms with Gasteiger partial charge in [-0.2, -0.15) is 0 Å². The number of benzene rings is 10. The van der Waals surface area contributed by atoms with Gasteiger partial charge in [-0.05, 0) is 127 Å². The third kappa shape index (κ3) is 5.95. The van der Waals surface area contributed by atoms with Crippen molar-refractivity contribution in [3.05, 3.63) is 231 Å². The number of hydrogen-bond acceptors (Lipinski definition) is 2. The van der Waals surface area contributed by atoms with Crippen LogP contribution in [0.2, 0.25) is 0 Å². The Kier molecular flexibility index (Phi) is 8.55. The van der Waals surface area contributed by atoms with E-state index in [2.05, 4.69) is 240 Å². The van der Waals surface area contributed by atoms with Crippen LogP contribution >= 0.6 is 0 Å². The monoisotopic (exact) mass is 714 g/mol. The fraction of sp³-hybridized carbons (Fsp3) is 0. The average Bonchev–Trinajstić information content (AvgIpc) is 3.28. The molecule has 0 atom stereocenters. The largest absolute Gasteiger partial charge is 0.311 e. The summed E-state index contributed by atoms with van der Waals surface area (Å²) in [6.07, 6.45) is 0. The van der Waals surface area contributed by atoms with Crippen molar-refractivity contribution in [1.29, 1.82) is 0 Å². The Labute approximate surface area is 327 Å². The van der Waals surface area contributed by atoms with Crippen molar-refractivity contribution < 1.29 is 0 Å². The molecular weight excluding hydrogens is 677 g/mol. The lowest BCUT2D eigenvalue weighted by Crippen LogP contribution is -2.09. The van der Waals surface area contributed by atoms with Crippen LogP contribution in [0.3, 0.4) is 0 Å². The summed E-state index contributed by atoms with van der Waals surface area (Å²) in [7, 11) is 0. The van der Waals surface area contributed by atoms with Crippen molar-refractivity contribution in [2.75, 3.05) is 9.80 Å². The van der Waals surface area contributed by atoms with Gasteiger partial charge in [0.2, 0.25) is 0 Å². The van der Waals surface area contributed by atoms with E-state index in [1.807, 2.05) is 0 Å². The van der Waals surface area contributed by atoms with E-state index in [-0.39, 0.29) is 0 Å². The molecule has 2 nitrogen and oxygen atoms in total. The molecule has 10 aromatic carbocycles. The first-order chi connectivity index (χ1) is 27.8. The third-order valence-corrected chi connectivity index (χ3v) is 10.8. The molecule has 0 aromatic heterocycles. The molecular formula is C54H38N2. The Morgan fingerprint density at radius 1 is 0.196 bits per heavy atom. The zero-order valence-electron chi connectivity index (χ0n) is 30.8. The molecule has 264 valence electrons. The summed E-state index contributed by atoms with van der Waals surface area (Å²) in [6.45, 7) is 0. The molecule has 0 N–H and O–H groups in total. The highest BCUT2D eigenvalue weighted by molar-refractivity contribution is 6.31. The number of hydrogen-bond donors (Lipinski definition) is 0. The fourth-order valence-electron chi connectivity index (χ4n) is 8.31. The van der Waals surface area contributed by atoms with Gasteiger partial charge in [-0.3, -0.25) is 0 Å². The molecule has 10 aromatic rings. The van der Waals surface area contributed by atoms with E-state index in [9.17, 15) is 0 Å². The average molecular weight is 715 g/mol. The molecule has 2 heteroatoms. The lowest BCUT2D eigenvalue weighted by molar-refractivity contribution is 1.28. The topological polar surface area (TPSA) is 6.48 Å². The van der Waals surface area contributed by atoms with Gasteiger partial charge in [0, 0.05) is 34.1 Å². The second-order valence-corrected chi connectivity index (χ2v) is 14.1. The van der Waals surface area contributed by atoms with Gasteiger partial charge in [0.15, 0.2) is 0 Å². The zero-order chi connectivity index (χ0) is 37.3. The number of rotatable bonds is 8. The number of para-hydroxylation sites is 4. The van der Waals surface area contributed by atoms with E-state index >= 15 is 0 Å². The van der Waals surface area contributed by atoms with Crippen LogP contribution in [0, 0.1) is 0 Å². The Morgan fingerprint density at radius 3 is 0.786 bits per heavy atom. The van der Waals surface area contributed by atoms with Crippen LogP contribution in [0.15, 0.2) is 231 Å². The van der Waals surface area contributed by atoms with Gasteiger partial charge < -0.3 is 9.80 Å². The molecule has 0 saturated heterocycles. The maximum atomic E-state index is 2.31. The summed E-state index contributed by atoms with van der Waals surface area (Å²) in [5.41, 5.74) is 11.5. The maximum absolute atomic E-state index is 2.31. The summed E-state index contributed by atoms with van der Waals surface area (Å²) >= 11 is 0. The zero-order valence-corrected chi connectivity index (χ0v) is 30.8. The van der Waals surface area contributed by atoms with Crippen LogP contribution in [-0.2, 0) is 0 Å². The van der Waals surface area contributed by atoms with Crippen LogP contribution in [0.4, 0.5) is 34.1 Å². The highest BCUT2D eigenvalue weighted by Gasteiger charge is 2.18. The van der Waals surface area contributed by atoms with Crippen molar-refractivity contribution in [2.45, 2.75) is 0 Å². The first-order valence-electron chi connectivity index (χ1n) is 19.2. The Bertz CT molecular complexity index is 2640. The normalized spacial score (nSPS) is 11.2. The van der Waals surface area contributed by atoms with E-state index in [0.717, 1.165) is 34.1 Å². The molecule has 0 saturated carbocycles. The fourth-order valence-corrected chi connectivity index (χ4v) is 8.31. The van der Waals surface area contributed by atoms with Crippen molar-refractivity contribution in [3.63, 3.8) is 0 Å². The molecule has 0 aliphatic rings. The minimum atomic E-state index is 1.11. The summed E-state index contributed by atoms with van der Waals surface area (Å²) in [6, 6.07) is 82.9. The number of fused-ring (bicyclic) bond motifs is 6. The SMILES string of the molecule is c1ccc(N(c2ccccc2)c2ccc(-c3cccc4c5ccccc5c5cccc(-c6ccc(N(c7ccccc7)c7ccccc7)cc6)c5c34)cc2)cc1. The predicted molar refractivity (Wildman–Crippen MR) is 239 cm³/mol. The first-order valence-corrected chi connectivity index (χ1v) is 19.2. The maximum Gasteiger partial charge on any atom is 0.0462 e. The van der Waals surface area contributed by atoms with Gasteiger partial charge in [0.25, 0.3) is 0 Å². The van der Waals surface area contributed by atoms with Crippen LogP contribution in [0.5, 0.6) is 0 Å². The summed E-state index contributed by atoms with van der Waals surface area (Å²) in [5, 5.41) is 7.59. The smallest absolute Gasteiger partial charge is 0.0462 e. The summed E-state index contributed by atoms with van der Waals surface area (Å²) in [4.78, 5) is 4.63. The van der Waals surface area contributed by atoms with Crippen LogP contribution in [0.25, 0.3) is 54.6 Å². The van der Waals surface area contributed by atoms with Gasteiger partial charge >= 0.3 is 0 Å². The summed E-state index contributed by atoms with van der Waals surface area (Å²) < 4.78 is 0. The van der Waals surface area contributed by atoms with E-state index in [1.165, 1.54) is 54.6 Å². The molecule has 0 fully saturated rings. The molecule has 0 spiro atoms. The van der Waals surface area contributed by atoms with E-state index in [1.54, 1.807) is 0 Å². The molecule has 0 unspecified atom stereocenters. The van der Waals surface area contributed by atoms with Gasteiger partial charge in [0.1, 0.15) is 0 Å². The molecule has 10 rings (SSSR count). The molecule has 0 aliphatic heterocycles. The quantitative estimate of drug-likeness (QED) is 0.145. The van der Waals surface area contributed by atoms with Gasteiger partial charge in [-0.15, -0.1) is 0 Å². The number of anilines is 6. The molecule has 0 aliphatic carbocycles. The minimum absolute atomic E-state index is 1.11. The predicted octanol–water partition coefficient (Wildman–Crippen LogP) is 15.4. The van der Waals surface area contributed by atoms with Crippen molar-refractivity contribution in [2.24, 2.45) is 0 Å². The lowest BCUT2D eigenvalue weighted by atomic mass is 9.86. The highest BCUT2D eigenvalue weighted by atomic mass is 15.1. The summed E-state index contributed by atoms with van der Waals surface area (Å²) in [5.74, 6) is 0. The van der Waals surface area contributed by atoms with Crippen molar-refractivity contribution in [1.82, 2.24) is 0 Å². The first kappa shape index (κ1) is 33.2. The molecule has 0 bridgehead atoms. The Morgan fingerprint density at radius 2 is 0.464 bits per heavy atom. The lowest BCUT2D eigenvalue weighted by Gasteiger charge is -2.26. The van der Waals surface area contributed by atoms with Crippen molar-refractivity contribution >= 4 is 66.4 Å². The van der Waals surface area contributed by atoms with Crippen molar-refractivity contribution in [3.8, 4) is 22.3 Å².